The second-order valence-electron chi connectivity index (χ2n) is 9.23. The quantitative estimate of drug-likeness (QED) is 0.533. The van der Waals surface area contributed by atoms with Crippen LogP contribution >= 0.6 is 0 Å². The number of amides is 1. The average molecular weight is 396 g/mol. The van der Waals surface area contributed by atoms with Crippen molar-refractivity contribution in [3.8, 4) is 0 Å². The lowest BCUT2D eigenvalue weighted by atomic mass is 9.69. The number of para-hydroxylation sites is 1. The number of rotatable bonds is 2. The van der Waals surface area contributed by atoms with E-state index in [1.165, 1.54) is 5.39 Å². The van der Waals surface area contributed by atoms with Crippen molar-refractivity contribution >= 4 is 28.2 Å². The zero-order valence-electron chi connectivity index (χ0n) is 17.4. The van der Waals surface area contributed by atoms with Gasteiger partial charge in [-0.25, -0.2) is 0 Å². The SMILES string of the molecule is CC1(C)CC(=O)C2=C(C1)N(c1ccccc1)C(=O)CC2c1ccc2ccccc2c1. The molecule has 3 aromatic rings. The molecule has 1 unspecified atom stereocenters. The van der Waals surface area contributed by atoms with Gasteiger partial charge in [0.2, 0.25) is 5.91 Å². The summed E-state index contributed by atoms with van der Waals surface area (Å²) in [4.78, 5) is 28.6. The van der Waals surface area contributed by atoms with Crippen molar-refractivity contribution in [2.75, 3.05) is 4.90 Å². The molecule has 30 heavy (non-hydrogen) atoms. The number of anilines is 1. The van der Waals surface area contributed by atoms with Gasteiger partial charge in [-0.2, -0.15) is 0 Å². The second-order valence-corrected chi connectivity index (χ2v) is 9.23. The number of ketones is 1. The van der Waals surface area contributed by atoms with Gasteiger partial charge in [0.25, 0.3) is 0 Å². The third-order valence-electron chi connectivity index (χ3n) is 6.33. The molecule has 3 heteroatoms. The van der Waals surface area contributed by atoms with E-state index in [0.29, 0.717) is 12.8 Å². The number of allylic oxidation sites excluding steroid dienone is 2. The highest BCUT2D eigenvalue weighted by Gasteiger charge is 2.44. The molecule has 0 radical (unpaired) electrons. The van der Waals surface area contributed by atoms with Crippen LogP contribution in [0.15, 0.2) is 84.1 Å². The number of carbonyl (C=O) groups is 2. The highest BCUT2D eigenvalue weighted by Crippen LogP contribution is 2.48. The van der Waals surface area contributed by atoms with E-state index in [-0.39, 0.29) is 23.0 Å². The van der Waals surface area contributed by atoms with E-state index < -0.39 is 0 Å². The minimum absolute atomic E-state index is 0.0589. The van der Waals surface area contributed by atoms with Gasteiger partial charge in [0.05, 0.1) is 0 Å². The predicted octanol–water partition coefficient (Wildman–Crippen LogP) is 6.00. The maximum absolute atomic E-state index is 13.4. The Morgan fingerprint density at radius 1 is 0.833 bits per heavy atom. The number of carbonyl (C=O) groups excluding carboxylic acids is 2. The van der Waals surface area contributed by atoms with Crippen LogP contribution in [0.4, 0.5) is 5.69 Å². The molecule has 150 valence electrons. The molecular weight excluding hydrogens is 370 g/mol. The maximum atomic E-state index is 13.4. The topological polar surface area (TPSA) is 37.4 Å². The lowest BCUT2D eigenvalue weighted by Crippen LogP contribution is -2.43. The largest absolute Gasteiger partial charge is 0.294 e. The number of hydrogen-bond donors (Lipinski definition) is 0. The Morgan fingerprint density at radius 2 is 1.53 bits per heavy atom. The van der Waals surface area contributed by atoms with E-state index in [1.54, 1.807) is 4.90 Å². The molecule has 0 aromatic heterocycles. The minimum Gasteiger partial charge on any atom is -0.294 e. The van der Waals surface area contributed by atoms with Gasteiger partial charge in [0.15, 0.2) is 5.78 Å². The second kappa shape index (κ2) is 6.94. The van der Waals surface area contributed by atoms with Crippen molar-refractivity contribution in [2.45, 2.75) is 39.0 Å². The Labute approximate surface area is 177 Å². The van der Waals surface area contributed by atoms with Crippen molar-refractivity contribution in [1.29, 1.82) is 0 Å². The van der Waals surface area contributed by atoms with E-state index >= 15 is 0 Å². The van der Waals surface area contributed by atoms with Crippen molar-refractivity contribution in [3.05, 3.63) is 89.6 Å². The van der Waals surface area contributed by atoms with E-state index in [4.69, 9.17) is 0 Å². The fraction of sp³-hybridized carbons (Fsp3) is 0.259. The number of benzene rings is 3. The van der Waals surface area contributed by atoms with Gasteiger partial charge in [-0.05, 0) is 40.3 Å². The Kier molecular flexibility index (Phi) is 4.35. The summed E-state index contributed by atoms with van der Waals surface area (Å²) in [6, 6.07) is 24.3. The highest BCUT2D eigenvalue weighted by atomic mass is 16.2. The molecule has 1 amide bonds. The van der Waals surface area contributed by atoms with Crippen LogP contribution in [0.1, 0.15) is 44.6 Å². The molecule has 0 saturated carbocycles. The van der Waals surface area contributed by atoms with Crippen LogP contribution in [-0.2, 0) is 9.59 Å². The monoisotopic (exact) mass is 395 g/mol. The fourth-order valence-electron chi connectivity index (χ4n) is 5.00. The lowest BCUT2D eigenvalue weighted by molar-refractivity contribution is -0.121. The summed E-state index contributed by atoms with van der Waals surface area (Å²) >= 11 is 0. The summed E-state index contributed by atoms with van der Waals surface area (Å²) in [6.45, 7) is 4.23. The van der Waals surface area contributed by atoms with E-state index in [1.807, 2.05) is 42.5 Å². The normalized spacial score (nSPS) is 21.1. The Morgan fingerprint density at radius 3 is 2.30 bits per heavy atom. The zero-order valence-corrected chi connectivity index (χ0v) is 17.4. The predicted molar refractivity (Wildman–Crippen MR) is 120 cm³/mol. The van der Waals surface area contributed by atoms with Crippen molar-refractivity contribution in [3.63, 3.8) is 0 Å². The van der Waals surface area contributed by atoms with Gasteiger partial charge in [-0.3, -0.25) is 14.5 Å². The van der Waals surface area contributed by atoms with Crippen LogP contribution in [0.25, 0.3) is 10.8 Å². The standard InChI is InChI=1S/C27H25NO2/c1-27(2)16-23-26(24(29)17-27)22(15-25(30)28(23)21-10-4-3-5-11-21)20-13-12-18-8-6-7-9-19(18)14-20/h3-14,22H,15-17H2,1-2H3. The van der Waals surface area contributed by atoms with E-state index in [2.05, 4.69) is 44.2 Å². The van der Waals surface area contributed by atoms with Crippen LogP contribution in [0, 0.1) is 5.41 Å². The number of nitrogens with zero attached hydrogens (tertiary/aromatic N) is 1. The van der Waals surface area contributed by atoms with Crippen molar-refractivity contribution < 1.29 is 9.59 Å². The smallest absolute Gasteiger partial charge is 0.232 e. The van der Waals surface area contributed by atoms with Gasteiger partial charge in [-0.1, -0.05) is 74.5 Å². The molecule has 0 spiro atoms. The van der Waals surface area contributed by atoms with Crippen LogP contribution in [0.3, 0.4) is 0 Å². The molecule has 3 aromatic carbocycles. The first kappa shape index (κ1) is 18.8. The third kappa shape index (κ3) is 3.15. The molecule has 5 rings (SSSR count). The molecule has 0 N–H and O–H groups in total. The van der Waals surface area contributed by atoms with E-state index in [0.717, 1.165) is 34.3 Å². The summed E-state index contributed by atoms with van der Waals surface area (Å²) < 4.78 is 0. The number of hydrogen-bond acceptors (Lipinski definition) is 2. The zero-order chi connectivity index (χ0) is 20.9. The lowest BCUT2D eigenvalue weighted by Gasteiger charge is -2.43. The Hall–Kier alpha value is -3.20. The Balaban J connectivity index is 1.69. The molecule has 1 aliphatic carbocycles. The number of Topliss-reactive ketones (excluding diaryl/α,β-unsaturated/α-hetero) is 1. The van der Waals surface area contributed by atoms with E-state index in [9.17, 15) is 9.59 Å². The van der Waals surface area contributed by atoms with Gasteiger partial charge in [0, 0.05) is 35.7 Å². The summed E-state index contributed by atoms with van der Waals surface area (Å²) in [5.74, 6) is 0.0529. The van der Waals surface area contributed by atoms with Crippen LogP contribution in [-0.4, -0.2) is 11.7 Å². The molecule has 1 aliphatic heterocycles. The Bertz CT molecular complexity index is 1190. The van der Waals surface area contributed by atoms with Crippen LogP contribution in [0.5, 0.6) is 0 Å². The van der Waals surface area contributed by atoms with Gasteiger partial charge >= 0.3 is 0 Å². The first-order chi connectivity index (χ1) is 14.4. The van der Waals surface area contributed by atoms with Crippen molar-refractivity contribution in [2.24, 2.45) is 5.41 Å². The maximum Gasteiger partial charge on any atom is 0.232 e. The van der Waals surface area contributed by atoms with Crippen molar-refractivity contribution in [1.82, 2.24) is 0 Å². The summed E-state index contributed by atoms with van der Waals surface area (Å²) in [5, 5.41) is 2.30. The molecule has 3 nitrogen and oxygen atoms in total. The summed E-state index contributed by atoms with van der Waals surface area (Å²) in [6.07, 6.45) is 1.56. The van der Waals surface area contributed by atoms with Crippen LogP contribution in [0.2, 0.25) is 0 Å². The minimum atomic E-state index is -0.180. The molecule has 0 bridgehead atoms. The highest BCUT2D eigenvalue weighted by molar-refractivity contribution is 6.08. The molecule has 2 aliphatic rings. The first-order valence-electron chi connectivity index (χ1n) is 10.6. The molecule has 0 fully saturated rings. The third-order valence-corrected chi connectivity index (χ3v) is 6.33. The summed E-state index contributed by atoms with van der Waals surface area (Å²) in [7, 11) is 0. The van der Waals surface area contributed by atoms with Gasteiger partial charge in [-0.15, -0.1) is 0 Å². The van der Waals surface area contributed by atoms with Crippen LogP contribution < -0.4 is 4.90 Å². The molecule has 0 saturated heterocycles. The first-order valence-corrected chi connectivity index (χ1v) is 10.6. The van der Waals surface area contributed by atoms with Gasteiger partial charge < -0.3 is 0 Å². The van der Waals surface area contributed by atoms with Gasteiger partial charge in [0.1, 0.15) is 0 Å². The molecule has 1 heterocycles. The molecule has 1 atom stereocenters. The fourth-order valence-corrected chi connectivity index (χ4v) is 5.00. The average Bonchev–Trinajstić information content (AvgIpc) is 2.72. The number of fused-ring (bicyclic) bond motifs is 1. The molecular formula is C27H25NO2. The summed E-state index contributed by atoms with van der Waals surface area (Å²) in [5.41, 5.74) is 3.45.